The lowest BCUT2D eigenvalue weighted by molar-refractivity contribution is -0.190. The van der Waals surface area contributed by atoms with E-state index in [9.17, 15) is 39.9 Å². The first-order valence-corrected chi connectivity index (χ1v) is 7.82. The summed E-state index contributed by atoms with van der Waals surface area (Å²) >= 11 is 0. The highest BCUT2D eigenvalue weighted by Gasteiger charge is 2.43. The third kappa shape index (κ3) is 8.26. The molecule has 0 radical (unpaired) electrons. The molecule has 2 unspecified atom stereocenters. The fourth-order valence-electron chi connectivity index (χ4n) is 1.93. The van der Waals surface area contributed by atoms with E-state index in [1.165, 1.54) is 0 Å². The second kappa shape index (κ2) is 11.7. The van der Waals surface area contributed by atoms with E-state index in [1.807, 2.05) is 0 Å². The topological polar surface area (TPSA) is 232 Å². The van der Waals surface area contributed by atoms with Gasteiger partial charge in [0.25, 0.3) is 0 Å². The van der Waals surface area contributed by atoms with Crippen molar-refractivity contribution >= 4 is 17.9 Å². The van der Waals surface area contributed by atoms with Crippen molar-refractivity contribution in [3.8, 4) is 0 Å². The summed E-state index contributed by atoms with van der Waals surface area (Å²) in [7, 11) is 0. The molecular weight excluding hydrogens is 388 g/mol. The molecule has 0 aromatic heterocycles. The molecule has 0 aliphatic rings. The number of rotatable bonds is 14. The Hall–Kier alpha value is -2.13. The van der Waals surface area contributed by atoms with E-state index >= 15 is 0 Å². The highest BCUT2D eigenvalue weighted by molar-refractivity contribution is 5.88. The van der Waals surface area contributed by atoms with Crippen LogP contribution in [0.4, 0.5) is 0 Å². The van der Waals surface area contributed by atoms with Crippen LogP contribution in [0, 0.1) is 0 Å². The van der Waals surface area contributed by atoms with Crippen LogP contribution in [0.3, 0.4) is 0 Å². The van der Waals surface area contributed by atoms with E-state index in [0.29, 0.717) is 0 Å². The molecule has 0 fully saturated rings. The van der Waals surface area contributed by atoms with Gasteiger partial charge >= 0.3 is 17.9 Å². The van der Waals surface area contributed by atoms with Gasteiger partial charge in [-0.05, 0) is 6.08 Å². The van der Waals surface area contributed by atoms with E-state index in [0.717, 1.165) is 6.08 Å². The summed E-state index contributed by atoms with van der Waals surface area (Å²) in [6, 6.07) is 0. The van der Waals surface area contributed by atoms with E-state index < -0.39 is 80.3 Å². The fourth-order valence-corrected chi connectivity index (χ4v) is 1.93. The van der Waals surface area contributed by atoms with Gasteiger partial charge in [0.05, 0.1) is 26.1 Å². The fraction of sp³-hybridized carbons (Fsp3) is 0.667. The first kappa shape index (κ1) is 25.9. The third-order valence-electron chi connectivity index (χ3n) is 3.51. The predicted molar refractivity (Wildman–Crippen MR) is 86.6 cm³/mol. The minimum absolute atomic E-state index is 0.778. The maximum Gasteiger partial charge on any atom is 0.336 e. The van der Waals surface area contributed by atoms with Gasteiger partial charge in [0.1, 0.15) is 18.3 Å². The van der Waals surface area contributed by atoms with Crippen LogP contribution in [-0.2, 0) is 23.9 Å². The van der Waals surface area contributed by atoms with Crippen LogP contribution in [-0.4, -0.2) is 108 Å². The first-order chi connectivity index (χ1) is 12.9. The normalized spacial score (nSPS) is 18.8. The van der Waals surface area contributed by atoms with Crippen molar-refractivity contribution in [2.45, 2.75) is 49.1 Å². The average molecular weight is 412 g/mol. The van der Waals surface area contributed by atoms with Gasteiger partial charge in [-0.15, -0.1) is 0 Å². The summed E-state index contributed by atoms with van der Waals surface area (Å²) in [6.07, 6.45) is -11.1. The summed E-state index contributed by atoms with van der Waals surface area (Å²) in [5.74, 6) is -5.22. The van der Waals surface area contributed by atoms with Gasteiger partial charge in [-0.3, -0.25) is 9.59 Å². The molecule has 0 aromatic rings. The Balaban J connectivity index is 5.33. The molecule has 28 heavy (non-hydrogen) atoms. The maximum absolute atomic E-state index is 12.0. The summed E-state index contributed by atoms with van der Waals surface area (Å²) in [6.45, 7) is 1.45. The number of esters is 1. The van der Waals surface area contributed by atoms with Crippen LogP contribution in [0.5, 0.6) is 0 Å². The molecule has 0 spiro atoms. The minimum Gasteiger partial charge on any atom is -0.481 e. The molecule has 0 aliphatic heterocycles. The summed E-state index contributed by atoms with van der Waals surface area (Å²) < 4.78 is 9.48. The summed E-state index contributed by atoms with van der Waals surface area (Å²) in [5.41, 5.74) is -3.01. The zero-order chi connectivity index (χ0) is 22.1. The van der Waals surface area contributed by atoms with Gasteiger partial charge in [0.15, 0.2) is 18.0 Å². The lowest BCUT2D eigenvalue weighted by Gasteiger charge is -2.30. The standard InChI is InChI=1S/C15H24O13/c1-2-10(20)27-6-8(13(23)12(22)7(17)5-16)28-11(21)4-15(26,14(24)25)3-9(18)19/h2,7-8,10,12-13,16-17,20,22-23,26H,1,3-6H2,(H,18,19)(H,24,25)/t7-,8+,10?,12-,13-,15?/m1/s1. The zero-order valence-electron chi connectivity index (χ0n) is 14.6. The summed E-state index contributed by atoms with van der Waals surface area (Å²) in [4.78, 5) is 33.7. The van der Waals surface area contributed by atoms with E-state index in [1.54, 1.807) is 0 Å². The van der Waals surface area contributed by atoms with Crippen molar-refractivity contribution in [1.29, 1.82) is 0 Å². The molecule has 0 bridgehead atoms. The predicted octanol–water partition coefficient (Wildman–Crippen LogP) is -3.83. The van der Waals surface area contributed by atoms with Gasteiger partial charge in [-0.25, -0.2) is 4.79 Å². The van der Waals surface area contributed by atoms with E-state index in [2.05, 4.69) is 6.58 Å². The third-order valence-corrected chi connectivity index (χ3v) is 3.51. The number of carbonyl (C=O) groups is 3. The van der Waals surface area contributed by atoms with Crippen molar-refractivity contribution in [3.63, 3.8) is 0 Å². The number of carboxylic acid groups (broad SMARTS) is 2. The molecule has 13 nitrogen and oxygen atoms in total. The molecule has 0 aliphatic carbocycles. The molecule has 0 aromatic carbocycles. The number of hydrogen-bond donors (Lipinski definition) is 8. The zero-order valence-corrected chi connectivity index (χ0v) is 14.6. The molecule has 0 saturated heterocycles. The number of carboxylic acids is 2. The monoisotopic (exact) mass is 412 g/mol. The number of ether oxygens (including phenoxy) is 2. The average Bonchev–Trinajstić information content (AvgIpc) is 2.61. The number of carbonyl (C=O) groups excluding carboxylic acids is 1. The second-order valence-electron chi connectivity index (χ2n) is 5.80. The van der Waals surface area contributed by atoms with Crippen molar-refractivity contribution in [2.75, 3.05) is 13.2 Å². The Bertz CT molecular complexity index is 550. The Morgan fingerprint density at radius 3 is 2.04 bits per heavy atom. The Morgan fingerprint density at radius 1 is 1.04 bits per heavy atom. The Labute approximate surface area is 158 Å². The SMILES string of the molecule is C=CC(O)OC[C@H](OC(=O)CC(O)(CC(=O)O)C(=O)O)[C@@H](O)[C@H](O)[C@H](O)CO. The van der Waals surface area contributed by atoms with E-state index in [-0.39, 0.29) is 0 Å². The maximum atomic E-state index is 12.0. The molecule has 0 saturated carbocycles. The lowest BCUT2D eigenvalue weighted by atomic mass is 9.95. The molecule has 13 heteroatoms. The minimum atomic E-state index is -3.01. The number of hydrogen-bond acceptors (Lipinski definition) is 11. The number of aliphatic hydroxyl groups is 6. The van der Waals surface area contributed by atoms with Crippen LogP contribution in [0.2, 0.25) is 0 Å². The quantitative estimate of drug-likeness (QED) is 0.0777. The highest BCUT2D eigenvalue weighted by atomic mass is 16.6. The first-order valence-electron chi connectivity index (χ1n) is 7.82. The second-order valence-corrected chi connectivity index (χ2v) is 5.80. The largest absolute Gasteiger partial charge is 0.481 e. The van der Waals surface area contributed by atoms with Gasteiger partial charge in [0, 0.05) is 0 Å². The Morgan fingerprint density at radius 2 is 1.61 bits per heavy atom. The van der Waals surface area contributed by atoms with Gasteiger partial charge in [-0.1, -0.05) is 6.58 Å². The lowest BCUT2D eigenvalue weighted by Crippen LogP contribution is -2.50. The van der Waals surface area contributed by atoms with Gasteiger partial charge in [-0.2, -0.15) is 0 Å². The van der Waals surface area contributed by atoms with Crippen LogP contribution >= 0.6 is 0 Å². The molecular formula is C15H24O13. The number of aliphatic carboxylic acids is 2. The van der Waals surface area contributed by atoms with Crippen molar-refractivity contribution in [3.05, 3.63) is 12.7 Å². The van der Waals surface area contributed by atoms with Crippen LogP contribution in [0.15, 0.2) is 12.7 Å². The molecule has 6 atom stereocenters. The van der Waals surface area contributed by atoms with Crippen molar-refractivity contribution in [1.82, 2.24) is 0 Å². The summed E-state index contributed by atoms with van der Waals surface area (Å²) in [5, 5.41) is 74.6. The molecule has 0 amide bonds. The molecule has 162 valence electrons. The van der Waals surface area contributed by atoms with Crippen LogP contribution < -0.4 is 0 Å². The van der Waals surface area contributed by atoms with Gasteiger partial charge in [0.2, 0.25) is 0 Å². The smallest absolute Gasteiger partial charge is 0.336 e. The molecule has 0 rings (SSSR count). The van der Waals surface area contributed by atoms with E-state index in [4.69, 9.17) is 24.8 Å². The highest BCUT2D eigenvalue weighted by Crippen LogP contribution is 2.19. The Kier molecular flexibility index (Phi) is 10.8. The van der Waals surface area contributed by atoms with Crippen molar-refractivity contribution in [2.24, 2.45) is 0 Å². The molecule has 8 N–H and O–H groups in total. The van der Waals surface area contributed by atoms with Crippen LogP contribution in [0.1, 0.15) is 12.8 Å². The van der Waals surface area contributed by atoms with Gasteiger partial charge < -0.3 is 50.3 Å². The van der Waals surface area contributed by atoms with Crippen molar-refractivity contribution < 1.29 is 64.7 Å². The number of aliphatic hydroxyl groups excluding tert-OH is 5. The molecule has 0 heterocycles. The van der Waals surface area contributed by atoms with Crippen LogP contribution in [0.25, 0.3) is 0 Å².